The van der Waals surface area contributed by atoms with Crippen molar-refractivity contribution in [3.63, 3.8) is 0 Å². The molecule has 2 aromatic rings. The third kappa shape index (κ3) is 4.46. The number of amides is 2. The van der Waals surface area contributed by atoms with E-state index in [-0.39, 0.29) is 11.8 Å². The molecule has 0 saturated heterocycles. The molecule has 2 amide bonds. The van der Waals surface area contributed by atoms with Crippen LogP contribution in [0.2, 0.25) is 0 Å². The number of benzene rings is 1. The van der Waals surface area contributed by atoms with Gasteiger partial charge in [0.2, 0.25) is 5.91 Å². The molecule has 0 spiro atoms. The van der Waals surface area contributed by atoms with Crippen LogP contribution in [0.15, 0.2) is 29.6 Å². The van der Waals surface area contributed by atoms with E-state index in [1.165, 1.54) is 17.4 Å². The standard InChI is InChI=1S/C19H23N3O2S/c1-13-3-4-15(11-17(13)21-14(2)23)19(24)20-7-9-22-8-5-18-16(12-22)6-10-25-18/h3-4,6,10-11H,5,7-9,12H2,1-2H3,(H,20,24)(H,21,23). The van der Waals surface area contributed by atoms with Crippen LogP contribution < -0.4 is 10.6 Å². The Morgan fingerprint density at radius 2 is 2.12 bits per heavy atom. The molecule has 5 nitrogen and oxygen atoms in total. The molecule has 0 bridgehead atoms. The lowest BCUT2D eigenvalue weighted by atomic mass is 10.1. The summed E-state index contributed by atoms with van der Waals surface area (Å²) < 4.78 is 0. The Labute approximate surface area is 152 Å². The minimum atomic E-state index is -0.140. The Morgan fingerprint density at radius 1 is 1.28 bits per heavy atom. The van der Waals surface area contributed by atoms with E-state index in [0.29, 0.717) is 17.8 Å². The minimum Gasteiger partial charge on any atom is -0.351 e. The molecule has 132 valence electrons. The van der Waals surface area contributed by atoms with Crippen molar-refractivity contribution in [2.75, 3.05) is 25.0 Å². The molecule has 1 aromatic heterocycles. The van der Waals surface area contributed by atoms with Gasteiger partial charge in [-0.05, 0) is 48.1 Å². The summed E-state index contributed by atoms with van der Waals surface area (Å²) in [6.45, 7) is 6.82. The quantitative estimate of drug-likeness (QED) is 0.865. The number of hydrogen-bond donors (Lipinski definition) is 2. The van der Waals surface area contributed by atoms with Crippen LogP contribution in [0.5, 0.6) is 0 Å². The van der Waals surface area contributed by atoms with Crippen molar-refractivity contribution in [1.82, 2.24) is 10.2 Å². The van der Waals surface area contributed by atoms with E-state index in [1.807, 2.05) is 24.3 Å². The lowest BCUT2D eigenvalue weighted by Crippen LogP contribution is -2.37. The van der Waals surface area contributed by atoms with Gasteiger partial charge in [-0.3, -0.25) is 14.5 Å². The van der Waals surface area contributed by atoms with Gasteiger partial charge < -0.3 is 10.6 Å². The fourth-order valence-corrected chi connectivity index (χ4v) is 3.90. The predicted molar refractivity (Wildman–Crippen MR) is 101 cm³/mol. The molecule has 6 heteroatoms. The zero-order valence-corrected chi connectivity index (χ0v) is 15.4. The number of fused-ring (bicyclic) bond motifs is 1. The van der Waals surface area contributed by atoms with Crippen molar-refractivity contribution in [1.29, 1.82) is 0 Å². The summed E-state index contributed by atoms with van der Waals surface area (Å²) in [6, 6.07) is 7.56. The van der Waals surface area contributed by atoms with Gasteiger partial charge in [0.15, 0.2) is 0 Å². The van der Waals surface area contributed by atoms with Crippen LogP contribution in [0.1, 0.15) is 33.3 Å². The van der Waals surface area contributed by atoms with E-state index in [9.17, 15) is 9.59 Å². The predicted octanol–water partition coefficient (Wildman–Crippen LogP) is 2.80. The summed E-state index contributed by atoms with van der Waals surface area (Å²) >= 11 is 1.83. The van der Waals surface area contributed by atoms with Gasteiger partial charge in [-0.1, -0.05) is 6.07 Å². The first-order valence-corrected chi connectivity index (χ1v) is 9.35. The van der Waals surface area contributed by atoms with Gasteiger partial charge in [0.1, 0.15) is 0 Å². The van der Waals surface area contributed by atoms with Crippen LogP contribution in [0, 0.1) is 6.92 Å². The Morgan fingerprint density at radius 3 is 2.92 bits per heavy atom. The van der Waals surface area contributed by atoms with Crippen molar-refractivity contribution >= 4 is 28.8 Å². The van der Waals surface area contributed by atoms with Crippen LogP contribution >= 0.6 is 11.3 Å². The van der Waals surface area contributed by atoms with Crippen molar-refractivity contribution in [3.8, 4) is 0 Å². The molecule has 25 heavy (non-hydrogen) atoms. The molecule has 0 radical (unpaired) electrons. The molecule has 2 heterocycles. The normalized spacial score (nSPS) is 14.0. The van der Waals surface area contributed by atoms with Gasteiger partial charge in [0.05, 0.1) is 0 Å². The van der Waals surface area contributed by atoms with Crippen molar-refractivity contribution in [2.24, 2.45) is 0 Å². The SMILES string of the molecule is CC(=O)Nc1cc(C(=O)NCCN2CCc3sccc3C2)ccc1C. The average Bonchev–Trinajstić information content (AvgIpc) is 3.04. The third-order valence-electron chi connectivity index (χ3n) is 4.41. The van der Waals surface area contributed by atoms with Gasteiger partial charge in [-0.25, -0.2) is 0 Å². The molecule has 0 atom stereocenters. The fraction of sp³-hybridized carbons (Fsp3) is 0.368. The van der Waals surface area contributed by atoms with Crippen LogP contribution in [0.25, 0.3) is 0 Å². The highest BCUT2D eigenvalue weighted by molar-refractivity contribution is 7.10. The first-order valence-electron chi connectivity index (χ1n) is 8.47. The van der Waals surface area contributed by atoms with Gasteiger partial charge in [-0.15, -0.1) is 11.3 Å². The number of carbonyl (C=O) groups is 2. The van der Waals surface area contributed by atoms with Gasteiger partial charge in [-0.2, -0.15) is 0 Å². The van der Waals surface area contributed by atoms with Crippen LogP contribution in [0.4, 0.5) is 5.69 Å². The van der Waals surface area contributed by atoms with E-state index in [4.69, 9.17) is 0 Å². The number of carbonyl (C=O) groups excluding carboxylic acids is 2. The summed E-state index contributed by atoms with van der Waals surface area (Å²) in [5.41, 5.74) is 3.60. The number of anilines is 1. The van der Waals surface area contributed by atoms with Crippen LogP contribution in [-0.4, -0.2) is 36.3 Å². The molecule has 0 fully saturated rings. The maximum Gasteiger partial charge on any atom is 0.251 e. The van der Waals surface area contributed by atoms with Crippen molar-refractivity contribution < 1.29 is 9.59 Å². The Balaban J connectivity index is 1.52. The number of rotatable bonds is 5. The molecule has 2 N–H and O–H groups in total. The van der Waals surface area contributed by atoms with Crippen molar-refractivity contribution in [3.05, 3.63) is 51.2 Å². The second-order valence-electron chi connectivity index (χ2n) is 6.36. The Hall–Kier alpha value is -2.18. The molecule has 1 aliphatic rings. The van der Waals surface area contributed by atoms with E-state index in [2.05, 4.69) is 27.0 Å². The highest BCUT2D eigenvalue weighted by Crippen LogP contribution is 2.23. The van der Waals surface area contributed by atoms with Crippen molar-refractivity contribution in [2.45, 2.75) is 26.8 Å². The number of thiophene rings is 1. The average molecular weight is 357 g/mol. The van der Waals surface area contributed by atoms with Gasteiger partial charge >= 0.3 is 0 Å². The van der Waals surface area contributed by atoms with E-state index in [0.717, 1.165) is 31.6 Å². The molecule has 0 unspecified atom stereocenters. The molecule has 0 aliphatic carbocycles. The first-order chi connectivity index (χ1) is 12.0. The molecular weight excluding hydrogens is 334 g/mol. The Kier molecular flexibility index (Phi) is 5.50. The van der Waals surface area contributed by atoms with E-state index >= 15 is 0 Å². The largest absolute Gasteiger partial charge is 0.351 e. The highest BCUT2D eigenvalue weighted by Gasteiger charge is 2.17. The summed E-state index contributed by atoms with van der Waals surface area (Å²) in [5, 5.41) is 7.88. The number of nitrogens with zero attached hydrogens (tertiary/aromatic N) is 1. The number of nitrogens with one attached hydrogen (secondary N) is 2. The minimum absolute atomic E-state index is 0.111. The molecule has 0 saturated carbocycles. The summed E-state index contributed by atoms with van der Waals surface area (Å²) in [6.07, 6.45) is 1.10. The lowest BCUT2D eigenvalue weighted by Gasteiger charge is -2.26. The third-order valence-corrected chi connectivity index (χ3v) is 5.43. The molecule has 1 aromatic carbocycles. The second kappa shape index (κ2) is 7.80. The molecule has 3 rings (SSSR count). The highest BCUT2D eigenvalue weighted by atomic mass is 32.1. The second-order valence-corrected chi connectivity index (χ2v) is 7.36. The smallest absolute Gasteiger partial charge is 0.251 e. The van der Waals surface area contributed by atoms with Gasteiger partial charge in [0, 0.05) is 49.2 Å². The number of hydrogen-bond acceptors (Lipinski definition) is 4. The summed E-state index contributed by atoms with van der Waals surface area (Å²) in [4.78, 5) is 27.5. The van der Waals surface area contributed by atoms with E-state index in [1.54, 1.807) is 12.1 Å². The molecular formula is C19H23N3O2S. The first kappa shape index (κ1) is 17.6. The zero-order valence-electron chi connectivity index (χ0n) is 14.6. The van der Waals surface area contributed by atoms with Crippen LogP contribution in [-0.2, 0) is 17.8 Å². The lowest BCUT2D eigenvalue weighted by molar-refractivity contribution is -0.114. The maximum absolute atomic E-state index is 12.4. The Bertz CT molecular complexity index is 785. The zero-order chi connectivity index (χ0) is 17.8. The molecule has 1 aliphatic heterocycles. The topological polar surface area (TPSA) is 61.4 Å². The van der Waals surface area contributed by atoms with Gasteiger partial charge in [0.25, 0.3) is 5.91 Å². The summed E-state index contributed by atoms with van der Waals surface area (Å²) in [5.74, 6) is -0.251. The maximum atomic E-state index is 12.4. The van der Waals surface area contributed by atoms with Crippen LogP contribution in [0.3, 0.4) is 0 Å². The fourth-order valence-electron chi connectivity index (χ4n) is 3.01. The summed E-state index contributed by atoms with van der Waals surface area (Å²) in [7, 11) is 0. The van der Waals surface area contributed by atoms with E-state index < -0.39 is 0 Å². The number of aryl methyl sites for hydroxylation is 1. The monoisotopic (exact) mass is 357 g/mol.